The first-order valence-corrected chi connectivity index (χ1v) is 12.1. The van der Waals surface area contributed by atoms with Crippen LogP contribution in [0.5, 0.6) is 5.75 Å². The predicted molar refractivity (Wildman–Crippen MR) is 140 cm³/mol. The molecule has 1 unspecified atom stereocenters. The van der Waals surface area contributed by atoms with E-state index in [1.165, 1.54) is 0 Å². The van der Waals surface area contributed by atoms with Gasteiger partial charge in [-0.25, -0.2) is 0 Å². The molecule has 1 heterocycles. The number of halogens is 2. The maximum Gasteiger partial charge on any atom is 0.305 e. The van der Waals surface area contributed by atoms with Crippen LogP contribution in [0.25, 0.3) is 22.5 Å². The molecule has 3 aromatic rings. The SMILES string of the molecule is COc1ccc(-c2cc(-c3cc(Cl)cc(Cl)c3)nn2CC2=CCC(C(=O)NCCC(=O)O)C=C2)cc1. The zero-order valence-electron chi connectivity index (χ0n) is 19.6. The van der Waals surface area contributed by atoms with Gasteiger partial charge < -0.3 is 15.2 Å². The van der Waals surface area contributed by atoms with Gasteiger partial charge in [-0.3, -0.25) is 14.3 Å². The third kappa shape index (κ3) is 6.36. The van der Waals surface area contributed by atoms with E-state index in [9.17, 15) is 9.59 Å². The fourth-order valence-electron chi connectivity index (χ4n) is 3.95. The number of hydrogen-bond acceptors (Lipinski definition) is 4. The van der Waals surface area contributed by atoms with Gasteiger partial charge in [0.1, 0.15) is 5.75 Å². The lowest BCUT2D eigenvalue weighted by Gasteiger charge is -2.17. The first-order chi connectivity index (χ1) is 17.3. The van der Waals surface area contributed by atoms with Gasteiger partial charge in [-0.2, -0.15) is 5.10 Å². The van der Waals surface area contributed by atoms with E-state index < -0.39 is 5.97 Å². The van der Waals surface area contributed by atoms with Crippen LogP contribution in [0.15, 0.2) is 72.3 Å². The molecule has 0 fully saturated rings. The van der Waals surface area contributed by atoms with Crippen LogP contribution in [0.1, 0.15) is 12.8 Å². The minimum atomic E-state index is -0.942. The zero-order valence-corrected chi connectivity index (χ0v) is 21.1. The Morgan fingerprint density at radius 3 is 2.44 bits per heavy atom. The minimum absolute atomic E-state index is 0.100. The van der Waals surface area contributed by atoms with Gasteiger partial charge in [-0.05, 0) is 60.5 Å². The Morgan fingerprint density at radius 1 is 1.11 bits per heavy atom. The first kappa shape index (κ1) is 25.5. The quantitative estimate of drug-likeness (QED) is 0.377. The number of rotatable bonds is 9. The van der Waals surface area contributed by atoms with Crippen molar-refractivity contribution in [3.8, 4) is 28.3 Å². The molecule has 1 aliphatic carbocycles. The Labute approximate surface area is 219 Å². The molecule has 0 radical (unpaired) electrons. The number of amides is 1. The molecular formula is C27H25Cl2N3O4. The van der Waals surface area contributed by atoms with Crippen molar-refractivity contribution in [2.24, 2.45) is 5.92 Å². The lowest BCUT2D eigenvalue weighted by atomic mass is 9.96. The molecule has 36 heavy (non-hydrogen) atoms. The van der Waals surface area contributed by atoms with E-state index in [-0.39, 0.29) is 24.8 Å². The van der Waals surface area contributed by atoms with Crippen molar-refractivity contribution < 1.29 is 19.4 Å². The molecule has 0 spiro atoms. The number of allylic oxidation sites excluding steroid dienone is 3. The van der Waals surface area contributed by atoms with Crippen molar-refractivity contribution in [1.29, 1.82) is 0 Å². The largest absolute Gasteiger partial charge is 0.497 e. The smallest absolute Gasteiger partial charge is 0.305 e. The number of aromatic nitrogens is 2. The van der Waals surface area contributed by atoms with E-state index in [1.807, 2.05) is 65.4 Å². The summed E-state index contributed by atoms with van der Waals surface area (Å²) in [5, 5.41) is 17.3. The fraction of sp³-hybridized carbons (Fsp3) is 0.222. The Morgan fingerprint density at radius 2 is 1.83 bits per heavy atom. The standard InChI is InChI=1S/C27H25Cl2N3O4/c1-36-23-8-6-18(7-9-23)25-15-24(20-12-21(28)14-22(29)13-20)31-32(25)16-17-2-4-19(5-3-17)27(35)30-11-10-26(33)34/h2-4,6-9,12-15,19H,5,10-11,16H2,1H3,(H,30,35)(H,33,34). The zero-order chi connectivity index (χ0) is 25.7. The van der Waals surface area contributed by atoms with Gasteiger partial charge in [0.2, 0.25) is 5.91 Å². The van der Waals surface area contributed by atoms with E-state index in [2.05, 4.69) is 5.32 Å². The van der Waals surface area contributed by atoms with E-state index in [4.69, 9.17) is 38.1 Å². The van der Waals surface area contributed by atoms with Crippen LogP contribution in [0.4, 0.5) is 0 Å². The molecule has 186 valence electrons. The second kappa shape index (κ2) is 11.5. The molecule has 1 aromatic heterocycles. The minimum Gasteiger partial charge on any atom is -0.497 e. The molecule has 2 aromatic carbocycles. The fourth-order valence-corrected chi connectivity index (χ4v) is 4.47. The van der Waals surface area contributed by atoms with Crippen LogP contribution in [0.2, 0.25) is 10.0 Å². The number of hydrogen-bond donors (Lipinski definition) is 2. The number of carboxylic acids is 1. The molecule has 0 bridgehead atoms. The topological polar surface area (TPSA) is 93.5 Å². The van der Waals surface area contributed by atoms with Gasteiger partial charge in [-0.1, -0.05) is 41.4 Å². The van der Waals surface area contributed by atoms with Gasteiger partial charge in [-0.15, -0.1) is 0 Å². The summed E-state index contributed by atoms with van der Waals surface area (Å²) < 4.78 is 7.20. The van der Waals surface area contributed by atoms with Crippen LogP contribution in [-0.2, 0) is 16.1 Å². The molecule has 0 aliphatic heterocycles. The number of carbonyl (C=O) groups is 2. The molecule has 9 heteroatoms. The van der Waals surface area contributed by atoms with Gasteiger partial charge in [0.15, 0.2) is 0 Å². The normalized spacial score (nSPS) is 14.9. The Hall–Kier alpha value is -3.55. The highest BCUT2D eigenvalue weighted by Gasteiger charge is 2.19. The number of methoxy groups -OCH3 is 1. The predicted octanol–water partition coefficient (Wildman–Crippen LogP) is 5.63. The Kier molecular flexibility index (Phi) is 8.13. The molecule has 1 atom stereocenters. The summed E-state index contributed by atoms with van der Waals surface area (Å²) in [5.41, 5.74) is 4.44. The maximum atomic E-state index is 12.3. The third-order valence-electron chi connectivity index (χ3n) is 5.81. The highest BCUT2D eigenvalue weighted by atomic mass is 35.5. The highest BCUT2D eigenvalue weighted by Crippen LogP contribution is 2.32. The van der Waals surface area contributed by atoms with Crippen molar-refractivity contribution in [2.45, 2.75) is 19.4 Å². The van der Waals surface area contributed by atoms with Crippen LogP contribution in [-0.4, -0.2) is 40.4 Å². The summed E-state index contributed by atoms with van der Waals surface area (Å²) in [4.78, 5) is 23.0. The number of carbonyl (C=O) groups excluding carboxylic acids is 1. The Bertz CT molecular complexity index is 1310. The highest BCUT2D eigenvalue weighted by molar-refractivity contribution is 6.35. The van der Waals surface area contributed by atoms with E-state index >= 15 is 0 Å². The van der Waals surface area contributed by atoms with Crippen LogP contribution < -0.4 is 10.1 Å². The van der Waals surface area contributed by atoms with Crippen molar-refractivity contribution in [3.05, 3.63) is 82.4 Å². The molecular weight excluding hydrogens is 501 g/mol. The van der Waals surface area contributed by atoms with E-state index in [0.29, 0.717) is 23.0 Å². The average Bonchev–Trinajstić information content (AvgIpc) is 3.27. The van der Waals surface area contributed by atoms with Crippen LogP contribution in [0, 0.1) is 5.92 Å². The number of nitrogens with one attached hydrogen (secondary N) is 1. The van der Waals surface area contributed by atoms with Crippen molar-refractivity contribution >= 4 is 35.1 Å². The van der Waals surface area contributed by atoms with Crippen molar-refractivity contribution in [2.75, 3.05) is 13.7 Å². The molecule has 2 N–H and O–H groups in total. The summed E-state index contributed by atoms with van der Waals surface area (Å²) in [7, 11) is 1.63. The van der Waals surface area contributed by atoms with Gasteiger partial charge >= 0.3 is 5.97 Å². The molecule has 4 rings (SSSR count). The number of carboxylic acid groups (broad SMARTS) is 1. The number of nitrogens with zero attached hydrogens (tertiary/aromatic N) is 2. The summed E-state index contributed by atoms with van der Waals surface area (Å²) in [6.07, 6.45) is 6.20. The van der Waals surface area contributed by atoms with E-state index in [0.717, 1.165) is 33.8 Å². The molecule has 0 saturated heterocycles. The van der Waals surface area contributed by atoms with Crippen LogP contribution in [0.3, 0.4) is 0 Å². The van der Waals surface area contributed by atoms with Gasteiger partial charge in [0.25, 0.3) is 0 Å². The number of ether oxygens (including phenoxy) is 1. The summed E-state index contributed by atoms with van der Waals surface area (Å²) in [5.74, 6) is -0.688. The molecule has 7 nitrogen and oxygen atoms in total. The van der Waals surface area contributed by atoms with Crippen LogP contribution >= 0.6 is 23.2 Å². The second-order valence-corrected chi connectivity index (χ2v) is 9.25. The number of benzene rings is 2. The van der Waals surface area contributed by atoms with Crippen molar-refractivity contribution in [3.63, 3.8) is 0 Å². The average molecular weight is 526 g/mol. The summed E-state index contributed by atoms with van der Waals surface area (Å²) >= 11 is 12.5. The molecule has 1 amide bonds. The van der Waals surface area contributed by atoms with Gasteiger partial charge in [0.05, 0.1) is 37.4 Å². The van der Waals surface area contributed by atoms with Crippen molar-refractivity contribution in [1.82, 2.24) is 15.1 Å². The third-order valence-corrected chi connectivity index (χ3v) is 6.24. The second-order valence-electron chi connectivity index (χ2n) is 8.37. The lowest BCUT2D eigenvalue weighted by Crippen LogP contribution is -2.32. The lowest BCUT2D eigenvalue weighted by molar-refractivity contribution is -0.137. The maximum absolute atomic E-state index is 12.3. The summed E-state index contributed by atoms with van der Waals surface area (Å²) in [6.45, 7) is 0.614. The molecule has 0 saturated carbocycles. The monoisotopic (exact) mass is 525 g/mol. The van der Waals surface area contributed by atoms with Gasteiger partial charge in [0, 0.05) is 27.7 Å². The first-order valence-electron chi connectivity index (χ1n) is 11.4. The summed E-state index contributed by atoms with van der Waals surface area (Å²) in [6, 6.07) is 15.1. The molecule has 1 aliphatic rings. The van der Waals surface area contributed by atoms with E-state index in [1.54, 1.807) is 13.2 Å². The number of aliphatic carboxylic acids is 1. The Balaban J connectivity index is 1.57.